The third-order valence-electron chi connectivity index (χ3n) is 5.30. The second-order valence-corrected chi connectivity index (χ2v) is 8.04. The van der Waals surface area contributed by atoms with Crippen molar-refractivity contribution in [2.45, 2.75) is 25.3 Å². The van der Waals surface area contributed by atoms with E-state index in [9.17, 15) is 0 Å². The summed E-state index contributed by atoms with van der Waals surface area (Å²) in [6.45, 7) is 1.65. The standard InChI is InChI=1S/C23H22N2O2S/c1-2-8-19-16(5-1)9-10-20(19)24-12-4-13-26-18-7-3-6-17(15-18)22-23-21(27-25-22)11-14-28-23/h1-3,5-8,11,14-15,20,24H,4,9-10,12-13H2. The molecule has 1 aliphatic carbocycles. The lowest BCUT2D eigenvalue weighted by atomic mass is 10.1. The fraction of sp³-hybridized carbons (Fsp3) is 0.261. The van der Waals surface area contributed by atoms with E-state index in [0.717, 1.165) is 40.3 Å². The molecule has 2 heterocycles. The molecule has 2 aromatic heterocycles. The number of thiophene rings is 1. The second-order valence-electron chi connectivity index (χ2n) is 7.12. The lowest BCUT2D eigenvalue weighted by Crippen LogP contribution is -2.21. The number of hydrogen-bond donors (Lipinski definition) is 1. The van der Waals surface area contributed by atoms with Crippen molar-refractivity contribution < 1.29 is 9.26 Å². The molecule has 1 aliphatic rings. The zero-order chi connectivity index (χ0) is 18.8. The van der Waals surface area contributed by atoms with Crippen molar-refractivity contribution in [2.24, 2.45) is 0 Å². The lowest BCUT2D eigenvalue weighted by Gasteiger charge is -2.14. The highest BCUT2D eigenvalue weighted by atomic mass is 32.1. The highest BCUT2D eigenvalue weighted by molar-refractivity contribution is 7.17. The molecule has 5 rings (SSSR count). The third kappa shape index (κ3) is 3.43. The van der Waals surface area contributed by atoms with Crippen LogP contribution in [0.5, 0.6) is 5.75 Å². The molecule has 28 heavy (non-hydrogen) atoms. The summed E-state index contributed by atoms with van der Waals surface area (Å²) in [5.74, 6) is 0.872. The van der Waals surface area contributed by atoms with Gasteiger partial charge in [-0.15, -0.1) is 11.3 Å². The molecule has 0 fully saturated rings. The van der Waals surface area contributed by atoms with Gasteiger partial charge in [-0.2, -0.15) is 0 Å². The molecular weight excluding hydrogens is 368 g/mol. The van der Waals surface area contributed by atoms with Crippen molar-refractivity contribution in [3.8, 4) is 17.0 Å². The van der Waals surface area contributed by atoms with Gasteiger partial charge in [0.15, 0.2) is 5.58 Å². The van der Waals surface area contributed by atoms with Crippen LogP contribution < -0.4 is 10.1 Å². The molecule has 1 unspecified atom stereocenters. The second kappa shape index (κ2) is 7.78. The van der Waals surface area contributed by atoms with Gasteiger partial charge in [0.2, 0.25) is 0 Å². The van der Waals surface area contributed by atoms with Gasteiger partial charge in [-0.25, -0.2) is 0 Å². The van der Waals surface area contributed by atoms with Gasteiger partial charge >= 0.3 is 0 Å². The molecule has 142 valence electrons. The Morgan fingerprint density at radius 1 is 1.14 bits per heavy atom. The Morgan fingerprint density at radius 3 is 3.11 bits per heavy atom. The maximum atomic E-state index is 5.98. The minimum absolute atomic E-state index is 0.486. The summed E-state index contributed by atoms with van der Waals surface area (Å²) in [6, 6.07) is 19.3. The summed E-state index contributed by atoms with van der Waals surface area (Å²) in [5, 5.41) is 9.91. The first-order valence-corrected chi connectivity index (χ1v) is 10.6. The normalized spacial score (nSPS) is 15.8. The molecule has 2 aromatic carbocycles. The molecule has 0 saturated carbocycles. The minimum atomic E-state index is 0.486. The van der Waals surface area contributed by atoms with Crippen LogP contribution in [0.25, 0.3) is 21.5 Å². The van der Waals surface area contributed by atoms with E-state index in [1.807, 2.05) is 35.7 Å². The SMILES string of the molecule is c1cc(OCCCNC2CCc3ccccc32)cc(-c2noc3ccsc23)c1. The van der Waals surface area contributed by atoms with Crippen molar-refractivity contribution in [3.63, 3.8) is 0 Å². The number of fused-ring (bicyclic) bond motifs is 2. The first-order chi connectivity index (χ1) is 13.9. The summed E-state index contributed by atoms with van der Waals surface area (Å²) in [7, 11) is 0. The molecule has 0 amide bonds. The first kappa shape index (κ1) is 17.5. The van der Waals surface area contributed by atoms with Gasteiger partial charge in [0.1, 0.15) is 16.1 Å². The van der Waals surface area contributed by atoms with Crippen LogP contribution in [0, 0.1) is 0 Å². The van der Waals surface area contributed by atoms with Crippen molar-refractivity contribution in [1.82, 2.24) is 10.5 Å². The molecular formula is C23H22N2O2S. The van der Waals surface area contributed by atoms with Gasteiger partial charge < -0.3 is 14.6 Å². The van der Waals surface area contributed by atoms with Gasteiger partial charge in [-0.1, -0.05) is 41.6 Å². The van der Waals surface area contributed by atoms with E-state index in [2.05, 4.69) is 34.7 Å². The molecule has 1 N–H and O–H groups in total. The molecule has 4 aromatic rings. The molecule has 4 nitrogen and oxygen atoms in total. The van der Waals surface area contributed by atoms with Crippen LogP contribution >= 0.6 is 11.3 Å². The van der Waals surface area contributed by atoms with E-state index in [1.54, 1.807) is 11.3 Å². The van der Waals surface area contributed by atoms with Gasteiger partial charge in [-0.05, 0) is 60.5 Å². The molecule has 0 spiro atoms. The monoisotopic (exact) mass is 390 g/mol. The number of aryl methyl sites for hydroxylation is 1. The number of aromatic nitrogens is 1. The summed E-state index contributed by atoms with van der Waals surface area (Å²) in [5.41, 5.74) is 5.70. The number of nitrogens with one attached hydrogen (secondary N) is 1. The molecule has 0 aliphatic heterocycles. The van der Waals surface area contributed by atoms with Crippen molar-refractivity contribution in [2.75, 3.05) is 13.2 Å². The van der Waals surface area contributed by atoms with E-state index < -0.39 is 0 Å². The largest absolute Gasteiger partial charge is 0.494 e. The van der Waals surface area contributed by atoms with E-state index in [0.29, 0.717) is 12.6 Å². The van der Waals surface area contributed by atoms with Gasteiger partial charge in [0.05, 0.1) is 6.61 Å². The Morgan fingerprint density at radius 2 is 2.11 bits per heavy atom. The summed E-state index contributed by atoms with van der Waals surface area (Å²) < 4.78 is 12.4. The van der Waals surface area contributed by atoms with E-state index >= 15 is 0 Å². The van der Waals surface area contributed by atoms with Crippen molar-refractivity contribution in [1.29, 1.82) is 0 Å². The topological polar surface area (TPSA) is 47.3 Å². The maximum Gasteiger partial charge on any atom is 0.178 e. The van der Waals surface area contributed by atoms with Gasteiger partial charge in [0, 0.05) is 11.6 Å². The van der Waals surface area contributed by atoms with E-state index in [-0.39, 0.29) is 0 Å². The molecule has 0 radical (unpaired) electrons. The lowest BCUT2D eigenvalue weighted by molar-refractivity contribution is 0.305. The van der Waals surface area contributed by atoms with Crippen LogP contribution in [0.3, 0.4) is 0 Å². The average Bonchev–Trinajstić information content (AvgIpc) is 3.44. The Balaban J connectivity index is 1.14. The van der Waals surface area contributed by atoms with Crippen LogP contribution in [0.2, 0.25) is 0 Å². The highest BCUT2D eigenvalue weighted by Crippen LogP contribution is 2.33. The van der Waals surface area contributed by atoms with Crippen LogP contribution in [-0.4, -0.2) is 18.3 Å². The molecule has 0 saturated heterocycles. The average molecular weight is 391 g/mol. The number of nitrogens with zero attached hydrogens (tertiary/aromatic N) is 1. The number of ether oxygens (including phenoxy) is 1. The Bertz CT molecular complexity index is 1080. The summed E-state index contributed by atoms with van der Waals surface area (Å²) in [4.78, 5) is 0. The minimum Gasteiger partial charge on any atom is -0.494 e. The van der Waals surface area contributed by atoms with E-state index in [4.69, 9.17) is 9.26 Å². The Labute approximate surface area is 168 Å². The Kier molecular flexibility index (Phi) is 4.85. The predicted octanol–water partition coefficient (Wildman–Crippen LogP) is 5.60. The zero-order valence-electron chi connectivity index (χ0n) is 15.6. The fourth-order valence-electron chi connectivity index (χ4n) is 3.90. The molecule has 0 bridgehead atoms. The zero-order valence-corrected chi connectivity index (χ0v) is 16.4. The molecule has 1 atom stereocenters. The maximum absolute atomic E-state index is 5.98. The van der Waals surface area contributed by atoms with Gasteiger partial charge in [0.25, 0.3) is 0 Å². The van der Waals surface area contributed by atoms with Crippen LogP contribution in [0.15, 0.2) is 64.5 Å². The molecule has 5 heteroatoms. The summed E-state index contributed by atoms with van der Waals surface area (Å²) in [6.07, 6.45) is 3.34. The quantitative estimate of drug-likeness (QED) is 0.417. The van der Waals surface area contributed by atoms with Gasteiger partial charge in [-0.3, -0.25) is 0 Å². The van der Waals surface area contributed by atoms with Crippen LogP contribution in [0.1, 0.15) is 30.0 Å². The third-order valence-corrected chi connectivity index (χ3v) is 6.20. The van der Waals surface area contributed by atoms with Crippen molar-refractivity contribution >= 4 is 21.6 Å². The van der Waals surface area contributed by atoms with Crippen LogP contribution in [-0.2, 0) is 6.42 Å². The van der Waals surface area contributed by atoms with E-state index in [1.165, 1.54) is 24.0 Å². The summed E-state index contributed by atoms with van der Waals surface area (Å²) >= 11 is 1.65. The highest BCUT2D eigenvalue weighted by Gasteiger charge is 2.20. The predicted molar refractivity (Wildman–Crippen MR) is 113 cm³/mol. The first-order valence-electron chi connectivity index (χ1n) is 9.76. The number of rotatable bonds is 7. The number of benzene rings is 2. The smallest absolute Gasteiger partial charge is 0.178 e. The van der Waals surface area contributed by atoms with Crippen LogP contribution in [0.4, 0.5) is 0 Å². The fourth-order valence-corrected chi connectivity index (χ4v) is 4.72. The van der Waals surface area contributed by atoms with Crippen molar-refractivity contribution in [3.05, 3.63) is 71.1 Å². The Hall–Kier alpha value is -2.63. The number of hydrogen-bond acceptors (Lipinski definition) is 5.